The molecule has 1 amide bonds. The fourth-order valence-electron chi connectivity index (χ4n) is 1.75. The van der Waals surface area contributed by atoms with Crippen LogP contribution >= 0.6 is 0 Å². The zero-order chi connectivity index (χ0) is 12.3. The molecule has 17 heavy (non-hydrogen) atoms. The van der Waals surface area contributed by atoms with Crippen LogP contribution in [0.3, 0.4) is 0 Å². The number of hydrogen-bond donors (Lipinski definition) is 2. The second-order valence-electron chi connectivity index (χ2n) is 3.96. The van der Waals surface area contributed by atoms with Crippen LogP contribution in [-0.4, -0.2) is 23.0 Å². The third-order valence-corrected chi connectivity index (χ3v) is 2.67. The van der Waals surface area contributed by atoms with Crippen molar-refractivity contribution < 1.29 is 19.1 Å². The van der Waals surface area contributed by atoms with Crippen LogP contribution in [0.4, 0.5) is 0 Å². The lowest BCUT2D eigenvalue weighted by Crippen LogP contribution is -2.35. The van der Waals surface area contributed by atoms with E-state index in [0.717, 1.165) is 25.5 Å². The molecule has 2 rings (SSSR count). The summed E-state index contributed by atoms with van der Waals surface area (Å²) in [7, 11) is 0. The molecule has 0 spiro atoms. The highest BCUT2D eigenvalue weighted by Crippen LogP contribution is 2.13. The van der Waals surface area contributed by atoms with E-state index in [0.29, 0.717) is 0 Å². The molecule has 0 saturated carbocycles. The van der Waals surface area contributed by atoms with Crippen molar-refractivity contribution >= 4 is 11.9 Å². The largest absolute Gasteiger partial charge is 0.478 e. The summed E-state index contributed by atoms with van der Waals surface area (Å²) in [6, 6.07) is 1.34. The topological polar surface area (TPSA) is 79.5 Å². The molecule has 0 bridgehead atoms. The molecule has 0 aromatic carbocycles. The third kappa shape index (κ3) is 2.75. The Morgan fingerprint density at radius 2 is 2.24 bits per heavy atom. The Morgan fingerprint density at radius 3 is 2.82 bits per heavy atom. The molecule has 1 heterocycles. The Hall–Kier alpha value is -2.04. The van der Waals surface area contributed by atoms with E-state index in [-0.39, 0.29) is 23.3 Å². The number of carboxylic acids is 1. The molecular weight excluding hydrogens is 222 g/mol. The van der Waals surface area contributed by atoms with E-state index in [1.54, 1.807) is 0 Å². The van der Waals surface area contributed by atoms with E-state index in [1.807, 2.05) is 6.08 Å². The molecule has 5 nitrogen and oxygen atoms in total. The predicted molar refractivity (Wildman–Crippen MR) is 59.9 cm³/mol. The molecule has 1 atom stereocenters. The van der Waals surface area contributed by atoms with Gasteiger partial charge in [-0.25, -0.2) is 4.79 Å². The third-order valence-electron chi connectivity index (χ3n) is 2.67. The number of carbonyl (C=O) groups excluding carboxylic acids is 1. The second-order valence-corrected chi connectivity index (χ2v) is 3.96. The fraction of sp³-hybridized carbons (Fsp3) is 0.333. The van der Waals surface area contributed by atoms with Crippen LogP contribution in [0, 0.1) is 0 Å². The number of carboxylic acid groups (broad SMARTS) is 1. The number of nitrogens with one attached hydrogen (secondary N) is 1. The molecule has 1 aliphatic rings. The van der Waals surface area contributed by atoms with Gasteiger partial charge in [0.25, 0.3) is 5.91 Å². The Morgan fingerprint density at radius 1 is 1.41 bits per heavy atom. The van der Waals surface area contributed by atoms with E-state index in [2.05, 4.69) is 11.4 Å². The maximum atomic E-state index is 11.7. The lowest BCUT2D eigenvalue weighted by atomic mass is 10.0. The van der Waals surface area contributed by atoms with Gasteiger partial charge in [-0.1, -0.05) is 12.2 Å². The highest BCUT2D eigenvalue weighted by Gasteiger charge is 2.18. The van der Waals surface area contributed by atoms with Gasteiger partial charge in [0.15, 0.2) is 5.76 Å². The van der Waals surface area contributed by atoms with Crippen molar-refractivity contribution in [1.29, 1.82) is 0 Å². The quantitative estimate of drug-likeness (QED) is 0.783. The van der Waals surface area contributed by atoms with Gasteiger partial charge in [-0.3, -0.25) is 4.79 Å². The highest BCUT2D eigenvalue weighted by atomic mass is 16.4. The molecule has 1 aromatic rings. The highest BCUT2D eigenvalue weighted by molar-refractivity contribution is 5.95. The average molecular weight is 235 g/mol. The first-order valence-electron chi connectivity index (χ1n) is 5.44. The number of hydrogen-bond acceptors (Lipinski definition) is 3. The smallest absolute Gasteiger partial charge is 0.338 e. The summed E-state index contributed by atoms with van der Waals surface area (Å²) < 4.78 is 4.92. The fourth-order valence-corrected chi connectivity index (χ4v) is 1.75. The molecule has 0 fully saturated rings. The Kier molecular flexibility index (Phi) is 3.27. The molecule has 1 aromatic heterocycles. The minimum atomic E-state index is -1.10. The standard InChI is InChI=1S/C12H13NO4/c14-11(13-9-4-2-1-3-5-9)10-6-8(7-17-10)12(15)16/h1-2,6-7,9H,3-5H2,(H,13,14)(H,15,16). The van der Waals surface area contributed by atoms with Crippen LogP contribution in [0.25, 0.3) is 0 Å². The summed E-state index contributed by atoms with van der Waals surface area (Å²) in [4.78, 5) is 22.4. The zero-order valence-corrected chi connectivity index (χ0v) is 9.18. The number of amides is 1. The lowest BCUT2D eigenvalue weighted by molar-refractivity contribution is 0.0695. The van der Waals surface area contributed by atoms with Crippen LogP contribution in [0.15, 0.2) is 28.9 Å². The number of carbonyl (C=O) groups is 2. The Labute approximate surface area is 98.1 Å². The van der Waals surface area contributed by atoms with Gasteiger partial charge in [0.1, 0.15) is 6.26 Å². The normalized spacial score (nSPS) is 18.9. The lowest BCUT2D eigenvalue weighted by Gasteiger charge is -2.18. The van der Waals surface area contributed by atoms with E-state index < -0.39 is 5.97 Å². The molecule has 5 heteroatoms. The predicted octanol–water partition coefficient (Wildman–Crippen LogP) is 1.82. The van der Waals surface area contributed by atoms with Gasteiger partial charge >= 0.3 is 5.97 Å². The first-order valence-corrected chi connectivity index (χ1v) is 5.44. The van der Waals surface area contributed by atoms with Crippen LogP contribution in [0.2, 0.25) is 0 Å². The molecule has 1 aliphatic carbocycles. The van der Waals surface area contributed by atoms with E-state index in [4.69, 9.17) is 9.52 Å². The molecule has 0 aliphatic heterocycles. The van der Waals surface area contributed by atoms with Gasteiger partial charge < -0.3 is 14.8 Å². The second kappa shape index (κ2) is 4.86. The van der Waals surface area contributed by atoms with Crippen LogP contribution in [-0.2, 0) is 0 Å². The minimum Gasteiger partial charge on any atom is -0.478 e. The zero-order valence-electron chi connectivity index (χ0n) is 9.18. The molecule has 1 unspecified atom stereocenters. The Balaban J connectivity index is 1.99. The first-order chi connectivity index (χ1) is 8.16. The summed E-state index contributed by atoms with van der Waals surface area (Å²) in [5, 5.41) is 11.5. The van der Waals surface area contributed by atoms with Crippen LogP contribution in [0.5, 0.6) is 0 Å². The molecule has 0 saturated heterocycles. The van der Waals surface area contributed by atoms with E-state index in [9.17, 15) is 9.59 Å². The van der Waals surface area contributed by atoms with Crippen molar-refractivity contribution in [3.8, 4) is 0 Å². The molecular formula is C12H13NO4. The summed E-state index contributed by atoms with van der Waals surface area (Å²) in [5.41, 5.74) is -0.0151. The molecule has 90 valence electrons. The maximum Gasteiger partial charge on any atom is 0.338 e. The van der Waals surface area contributed by atoms with Crippen molar-refractivity contribution in [2.75, 3.05) is 0 Å². The molecule has 2 N–H and O–H groups in total. The monoisotopic (exact) mass is 235 g/mol. The van der Waals surface area contributed by atoms with Crippen molar-refractivity contribution in [1.82, 2.24) is 5.32 Å². The maximum absolute atomic E-state index is 11.7. The van der Waals surface area contributed by atoms with Gasteiger partial charge in [-0.05, 0) is 19.3 Å². The van der Waals surface area contributed by atoms with Gasteiger partial charge in [0.2, 0.25) is 0 Å². The summed E-state index contributed by atoms with van der Waals surface area (Å²) in [6.07, 6.45) is 7.83. The first kappa shape index (κ1) is 11.4. The Bertz CT molecular complexity index is 461. The van der Waals surface area contributed by atoms with Crippen LogP contribution < -0.4 is 5.32 Å². The van der Waals surface area contributed by atoms with Crippen molar-refractivity contribution in [2.24, 2.45) is 0 Å². The number of aromatic carboxylic acids is 1. The minimum absolute atomic E-state index is 0.0151. The summed E-state index contributed by atoms with van der Waals surface area (Å²) in [6.45, 7) is 0. The SMILES string of the molecule is O=C(O)c1coc(C(=O)NC2CC=CCC2)c1. The van der Waals surface area contributed by atoms with Crippen molar-refractivity contribution in [3.05, 3.63) is 35.8 Å². The van der Waals surface area contributed by atoms with Gasteiger partial charge in [-0.2, -0.15) is 0 Å². The van der Waals surface area contributed by atoms with Crippen molar-refractivity contribution in [2.45, 2.75) is 25.3 Å². The van der Waals surface area contributed by atoms with Crippen molar-refractivity contribution in [3.63, 3.8) is 0 Å². The van der Waals surface area contributed by atoms with Gasteiger partial charge in [0, 0.05) is 12.1 Å². The molecule has 0 radical (unpaired) electrons. The van der Waals surface area contributed by atoms with Gasteiger partial charge in [0.05, 0.1) is 5.56 Å². The van der Waals surface area contributed by atoms with Crippen LogP contribution in [0.1, 0.15) is 40.2 Å². The van der Waals surface area contributed by atoms with Gasteiger partial charge in [-0.15, -0.1) is 0 Å². The number of rotatable bonds is 3. The summed E-state index contributed by atoms with van der Waals surface area (Å²) >= 11 is 0. The summed E-state index contributed by atoms with van der Waals surface area (Å²) in [5.74, 6) is -1.43. The average Bonchev–Trinajstić information content (AvgIpc) is 2.79. The number of furan rings is 1. The van der Waals surface area contributed by atoms with E-state index in [1.165, 1.54) is 6.07 Å². The number of allylic oxidation sites excluding steroid dienone is 1. The van der Waals surface area contributed by atoms with E-state index >= 15 is 0 Å².